The third-order valence-electron chi connectivity index (χ3n) is 4.46. The van der Waals surface area contributed by atoms with E-state index in [-0.39, 0.29) is 30.0 Å². The zero-order chi connectivity index (χ0) is 21.1. The van der Waals surface area contributed by atoms with Gasteiger partial charge in [-0.15, -0.1) is 10.2 Å². The van der Waals surface area contributed by atoms with Gasteiger partial charge in [0, 0.05) is 24.1 Å². The molecule has 152 valence electrons. The maximum atomic E-state index is 12.5. The standard InChI is InChI=1S/C20H18N6O3S/c1-25-12-21-23-20(25)30-14-8-6-13(7-9-14)22-17(27)10-11-26-19(29)16-5-3-2-4-15(16)18(28)24-26/h2-9,12H,10-11H2,1H3,(H,22,27)(H,24,28). The molecule has 4 rings (SSSR count). The van der Waals surface area contributed by atoms with Crippen LogP contribution in [0.15, 0.2) is 74.5 Å². The molecular weight excluding hydrogens is 404 g/mol. The fourth-order valence-corrected chi connectivity index (χ4v) is 3.68. The van der Waals surface area contributed by atoms with E-state index in [0.717, 1.165) is 10.1 Å². The Morgan fingerprint density at radius 1 is 1.10 bits per heavy atom. The first-order valence-electron chi connectivity index (χ1n) is 9.15. The van der Waals surface area contributed by atoms with Crippen molar-refractivity contribution in [2.24, 2.45) is 7.05 Å². The van der Waals surface area contributed by atoms with E-state index < -0.39 is 0 Å². The molecule has 30 heavy (non-hydrogen) atoms. The van der Waals surface area contributed by atoms with Gasteiger partial charge < -0.3 is 9.88 Å². The van der Waals surface area contributed by atoms with Crippen molar-refractivity contribution in [3.05, 3.63) is 75.6 Å². The Balaban J connectivity index is 1.39. The van der Waals surface area contributed by atoms with Crippen LogP contribution in [0.2, 0.25) is 0 Å². The number of aromatic amines is 1. The summed E-state index contributed by atoms with van der Waals surface area (Å²) in [5.41, 5.74) is -0.0496. The summed E-state index contributed by atoms with van der Waals surface area (Å²) in [5, 5.41) is 14.6. The van der Waals surface area contributed by atoms with Gasteiger partial charge in [0.2, 0.25) is 5.91 Å². The highest BCUT2D eigenvalue weighted by Gasteiger charge is 2.09. The molecule has 2 heterocycles. The molecule has 0 radical (unpaired) electrons. The average Bonchev–Trinajstić information content (AvgIpc) is 3.15. The summed E-state index contributed by atoms with van der Waals surface area (Å²) in [6, 6.07) is 13.9. The van der Waals surface area contributed by atoms with Crippen molar-refractivity contribution in [1.82, 2.24) is 24.5 Å². The molecule has 0 spiro atoms. The van der Waals surface area contributed by atoms with Crippen LogP contribution in [0.25, 0.3) is 10.8 Å². The third-order valence-corrected chi connectivity index (χ3v) is 5.52. The van der Waals surface area contributed by atoms with Crippen LogP contribution >= 0.6 is 11.8 Å². The summed E-state index contributed by atoms with van der Waals surface area (Å²) in [4.78, 5) is 37.9. The molecule has 2 N–H and O–H groups in total. The smallest absolute Gasteiger partial charge is 0.273 e. The van der Waals surface area contributed by atoms with Gasteiger partial charge in [0.05, 0.1) is 17.3 Å². The highest BCUT2D eigenvalue weighted by atomic mass is 32.2. The number of benzene rings is 2. The number of carbonyl (C=O) groups excluding carboxylic acids is 1. The molecule has 9 nitrogen and oxygen atoms in total. The zero-order valence-corrected chi connectivity index (χ0v) is 16.8. The molecular formula is C20H18N6O3S. The molecule has 0 fully saturated rings. The number of H-pyrrole nitrogens is 1. The number of nitrogens with one attached hydrogen (secondary N) is 2. The number of aromatic nitrogens is 5. The summed E-state index contributed by atoms with van der Waals surface area (Å²) in [6.45, 7) is 0.0742. The molecule has 1 amide bonds. The maximum absolute atomic E-state index is 12.5. The van der Waals surface area contributed by atoms with Crippen molar-refractivity contribution in [2.75, 3.05) is 5.32 Å². The van der Waals surface area contributed by atoms with E-state index in [4.69, 9.17) is 0 Å². The Bertz CT molecular complexity index is 1320. The Morgan fingerprint density at radius 2 is 1.83 bits per heavy atom. The lowest BCUT2D eigenvalue weighted by Crippen LogP contribution is -2.31. The number of amides is 1. The van der Waals surface area contributed by atoms with E-state index in [1.54, 1.807) is 42.7 Å². The molecule has 0 aliphatic heterocycles. The lowest BCUT2D eigenvalue weighted by Gasteiger charge is -2.09. The Hall–Kier alpha value is -3.66. The van der Waals surface area contributed by atoms with Gasteiger partial charge in [0.15, 0.2) is 5.16 Å². The van der Waals surface area contributed by atoms with Gasteiger partial charge in [-0.3, -0.25) is 19.5 Å². The first kappa shape index (κ1) is 19.6. The molecule has 0 aliphatic carbocycles. The van der Waals surface area contributed by atoms with Gasteiger partial charge in [-0.25, -0.2) is 4.68 Å². The Kier molecular flexibility index (Phi) is 5.48. The van der Waals surface area contributed by atoms with Crippen LogP contribution in [0.1, 0.15) is 6.42 Å². The van der Waals surface area contributed by atoms with Crippen LogP contribution in [0.5, 0.6) is 0 Å². The van der Waals surface area contributed by atoms with Crippen LogP contribution in [-0.2, 0) is 18.4 Å². The first-order chi connectivity index (χ1) is 14.5. The number of carbonyl (C=O) groups is 1. The van der Waals surface area contributed by atoms with Crippen molar-refractivity contribution < 1.29 is 4.79 Å². The lowest BCUT2D eigenvalue weighted by molar-refractivity contribution is -0.116. The second-order valence-corrected chi connectivity index (χ2v) is 7.63. The van der Waals surface area contributed by atoms with Crippen molar-refractivity contribution in [3.8, 4) is 0 Å². The van der Waals surface area contributed by atoms with Crippen molar-refractivity contribution in [3.63, 3.8) is 0 Å². The van der Waals surface area contributed by atoms with Gasteiger partial charge in [-0.05, 0) is 48.2 Å². The minimum Gasteiger partial charge on any atom is -0.326 e. The van der Waals surface area contributed by atoms with Crippen LogP contribution < -0.4 is 16.4 Å². The number of rotatable bonds is 6. The van der Waals surface area contributed by atoms with Crippen LogP contribution in [0.3, 0.4) is 0 Å². The molecule has 2 aromatic carbocycles. The average molecular weight is 422 g/mol. The molecule has 0 atom stereocenters. The SMILES string of the molecule is Cn1cnnc1Sc1ccc(NC(=O)CCn2[nH]c(=O)c3ccccc3c2=O)cc1. The molecule has 0 aliphatic rings. The molecule has 2 aromatic heterocycles. The highest BCUT2D eigenvalue weighted by molar-refractivity contribution is 7.99. The van der Waals surface area contributed by atoms with E-state index in [9.17, 15) is 14.4 Å². The molecule has 4 aromatic rings. The minimum absolute atomic E-state index is 0.0453. The Labute approximate surface area is 174 Å². The summed E-state index contributed by atoms with van der Waals surface area (Å²) in [5.74, 6) is -0.260. The second-order valence-electron chi connectivity index (χ2n) is 6.59. The fraction of sp³-hybridized carbons (Fsp3) is 0.150. The van der Waals surface area contributed by atoms with Crippen LogP contribution in [0.4, 0.5) is 5.69 Å². The summed E-state index contributed by atoms with van der Waals surface area (Å²) in [7, 11) is 1.87. The number of hydrogen-bond acceptors (Lipinski definition) is 6. The quantitative estimate of drug-likeness (QED) is 0.491. The number of aryl methyl sites for hydroxylation is 2. The van der Waals surface area contributed by atoms with Gasteiger partial charge >= 0.3 is 0 Å². The summed E-state index contributed by atoms with van der Waals surface area (Å²) in [6.07, 6.45) is 1.68. The normalized spacial score (nSPS) is 11.0. The third kappa shape index (κ3) is 4.18. The number of nitrogens with zero attached hydrogens (tertiary/aromatic N) is 4. The van der Waals surface area contributed by atoms with Gasteiger partial charge in [0.25, 0.3) is 11.1 Å². The largest absolute Gasteiger partial charge is 0.326 e. The van der Waals surface area contributed by atoms with E-state index >= 15 is 0 Å². The molecule has 0 bridgehead atoms. The van der Waals surface area contributed by atoms with Gasteiger partial charge in [0.1, 0.15) is 6.33 Å². The monoisotopic (exact) mass is 422 g/mol. The van der Waals surface area contributed by atoms with Crippen molar-refractivity contribution in [2.45, 2.75) is 23.0 Å². The predicted octanol–water partition coefficient (Wildman–Crippen LogP) is 2.00. The summed E-state index contributed by atoms with van der Waals surface area (Å²) >= 11 is 1.46. The number of fused-ring (bicyclic) bond motifs is 1. The fourth-order valence-electron chi connectivity index (χ4n) is 2.92. The van der Waals surface area contributed by atoms with Gasteiger partial charge in [-0.2, -0.15) is 0 Å². The van der Waals surface area contributed by atoms with Crippen molar-refractivity contribution >= 4 is 34.1 Å². The zero-order valence-electron chi connectivity index (χ0n) is 16.0. The van der Waals surface area contributed by atoms with Crippen molar-refractivity contribution in [1.29, 1.82) is 0 Å². The highest BCUT2D eigenvalue weighted by Crippen LogP contribution is 2.26. The van der Waals surface area contributed by atoms with E-state index in [0.29, 0.717) is 16.5 Å². The lowest BCUT2D eigenvalue weighted by atomic mass is 10.2. The number of hydrogen-bond donors (Lipinski definition) is 2. The topological polar surface area (TPSA) is 115 Å². The molecule has 0 unspecified atom stereocenters. The molecule has 0 saturated heterocycles. The second kappa shape index (κ2) is 8.37. The maximum Gasteiger partial charge on any atom is 0.273 e. The first-order valence-corrected chi connectivity index (χ1v) is 9.96. The number of anilines is 1. The van der Waals surface area contributed by atoms with Crippen LogP contribution in [0, 0.1) is 0 Å². The predicted molar refractivity (Wildman–Crippen MR) is 114 cm³/mol. The van der Waals surface area contributed by atoms with E-state index in [1.165, 1.54) is 16.4 Å². The van der Waals surface area contributed by atoms with Gasteiger partial charge in [-0.1, -0.05) is 12.1 Å². The van der Waals surface area contributed by atoms with Crippen LogP contribution in [-0.4, -0.2) is 30.5 Å². The Morgan fingerprint density at radius 3 is 2.53 bits per heavy atom. The molecule has 10 heteroatoms. The summed E-state index contributed by atoms with van der Waals surface area (Å²) < 4.78 is 2.99. The van der Waals surface area contributed by atoms with E-state index in [1.807, 2.05) is 23.7 Å². The van der Waals surface area contributed by atoms with E-state index in [2.05, 4.69) is 20.6 Å². The molecule has 0 saturated carbocycles. The minimum atomic E-state index is -0.360.